The molecule has 0 radical (unpaired) electrons. The first-order valence-electron chi connectivity index (χ1n) is 11.4. The summed E-state index contributed by atoms with van der Waals surface area (Å²) in [5.74, 6) is -0.576. The van der Waals surface area contributed by atoms with E-state index in [1.54, 1.807) is 0 Å². The summed E-state index contributed by atoms with van der Waals surface area (Å²) in [4.78, 5) is 51.5. The lowest BCUT2D eigenvalue weighted by Gasteiger charge is -2.23. The average molecular weight is 589 g/mol. The van der Waals surface area contributed by atoms with Crippen LogP contribution in [0.5, 0.6) is 0 Å². The maximum atomic E-state index is 12.7. The SMILES string of the molecule is Nc1ncn([C@@H]2O[C@H](COP(=O)(O)OC3C(O)[C@H](n4cnc5c(=O)[nH]c(N)nc54)O[C@@H]3CO)[C@H](O)[C@@H]2O)c(=O)n1. The smallest absolute Gasteiger partial charge is 0.394 e. The Morgan fingerprint density at radius 1 is 1.00 bits per heavy atom. The second kappa shape index (κ2) is 10.6. The van der Waals surface area contributed by atoms with Gasteiger partial charge in [0.15, 0.2) is 23.6 Å². The van der Waals surface area contributed by atoms with E-state index in [2.05, 4.69) is 24.9 Å². The molecule has 3 aromatic heterocycles. The van der Waals surface area contributed by atoms with E-state index in [9.17, 15) is 39.5 Å². The number of aromatic amines is 1. The molecule has 22 heteroatoms. The second-order valence-corrected chi connectivity index (χ2v) is 10.2. The Morgan fingerprint density at radius 2 is 1.68 bits per heavy atom. The van der Waals surface area contributed by atoms with Crippen LogP contribution in [0.2, 0.25) is 0 Å². The molecule has 3 unspecified atom stereocenters. The maximum absolute atomic E-state index is 12.7. The fourth-order valence-corrected chi connectivity index (χ4v) is 5.30. The van der Waals surface area contributed by atoms with Gasteiger partial charge in [-0.25, -0.2) is 19.3 Å². The van der Waals surface area contributed by atoms with E-state index < -0.39 is 81.4 Å². The molecule has 0 spiro atoms. The van der Waals surface area contributed by atoms with Gasteiger partial charge in [-0.15, -0.1) is 0 Å². The number of phosphoric ester groups is 1. The minimum absolute atomic E-state index is 0.0721. The summed E-state index contributed by atoms with van der Waals surface area (Å²) in [5.41, 5.74) is 9.11. The molecule has 5 heterocycles. The van der Waals surface area contributed by atoms with E-state index in [0.717, 1.165) is 21.8 Å². The van der Waals surface area contributed by atoms with Crippen LogP contribution < -0.4 is 22.7 Å². The van der Waals surface area contributed by atoms with Crippen molar-refractivity contribution in [3.05, 3.63) is 33.5 Å². The normalized spacial score (nSPS) is 32.0. The number of phosphoric acid groups is 1. The molecule has 3 aromatic rings. The van der Waals surface area contributed by atoms with Gasteiger partial charge in [0.2, 0.25) is 11.9 Å². The summed E-state index contributed by atoms with van der Waals surface area (Å²) in [5, 5.41) is 41.2. The molecule has 0 aliphatic carbocycles. The van der Waals surface area contributed by atoms with Crippen LogP contribution in [0.3, 0.4) is 0 Å². The van der Waals surface area contributed by atoms with Gasteiger partial charge < -0.3 is 46.3 Å². The zero-order valence-corrected chi connectivity index (χ0v) is 21.0. The Bertz CT molecular complexity index is 1560. The van der Waals surface area contributed by atoms with Crippen molar-refractivity contribution in [2.24, 2.45) is 0 Å². The first kappa shape index (κ1) is 28.2. The summed E-state index contributed by atoms with van der Waals surface area (Å²) < 4.78 is 35.6. The van der Waals surface area contributed by atoms with E-state index in [1.807, 2.05) is 0 Å². The number of hydrogen-bond donors (Lipinski definition) is 8. The van der Waals surface area contributed by atoms with Crippen LogP contribution in [0.1, 0.15) is 12.5 Å². The largest absolute Gasteiger partial charge is 0.472 e. The molecule has 9 atom stereocenters. The van der Waals surface area contributed by atoms with Crippen molar-refractivity contribution in [3.8, 4) is 0 Å². The van der Waals surface area contributed by atoms with Gasteiger partial charge in [0.05, 0.1) is 19.5 Å². The van der Waals surface area contributed by atoms with E-state index in [0.29, 0.717) is 0 Å². The van der Waals surface area contributed by atoms with E-state index in [1.165, 1.54) is 0 Å². The molecule has 0 saturated carbocycles. The Hall–Kier alpha value is -3.37. The third-order valence-corrected chi connectivity index (χ3v) is 7.21. The van der Waals surface area contributed by atoms with E-state index in [4.69, 9.17) is 30.0 Å². The molecule has 5 rings (SSSR count). The molecule has 0 aromatic carbocycles. The van der Waals surface area contributed by atoms with Crippen molar-refractivity contribution in [3.63, 3.8) is 0 Å². The van der Waals surface area contributed by atoms with Crippen LogP contribution in [0, 0.1) is 0 Å². The third-order valence-electron chi connectivity index (χ3n) is 6.23. The monoisotopic (exact) mass is 589 g/mol. The molecule has 2 saturated heterocycles. The fraction of sp³-hybridized carbons (Fsp3) is 0.556. The van der Waals surface area contributed by atoms with Crippen molar-refractivity contribution in [2.75, 3.05) is 24.7 Å². The number of hydrogen-bond acceptors (Lipinski definition) is 17. The van der Waals surface area contributed by atoms with Gasteiger partial charge in [0.1, 0.15) is 43.0 Å². The zero-order chi connectivity index (χ0) is 28.9. The number of nitrogens with two attached hydrogens (primary N) is 2. The molecular weight excluding hydrogens is 565 g/mol. The van der Waals surface area contributed by atoms with Crippen LogP contribution in [0.4, 0.5) is 11.9 Å². The Balaban J connectivity index is 1.28. The van der Waals surface area contributed by atoms with Gasteiger partial charge in [-0.2, -0.15) is 9.97 Å². The van der Waals surface area contributed by atoms with Crippen molar-refractivity contribution in [1.82, 2.24) is 34.1 Å². The highest BCUT2D eigenvalue weighted by Gasteiger charge is 2.50. The Morgan fingerprint density at radius 3 is 2.38 bits per heavy atom. The van der Waals surface area contributed by atoms with Crippen molar-refractivity contribution >= 4 is 30.9 Å². The minimum Gasteiger partial charge on any atom is -0.394 e. The van der Waals surface area contributed by atoms with Crippen molar-refractivity contribution < 1.29 is 48.4 Å². The number of H-pyrrole nitrogens is 1. The van der Waals surface area contributed by atoms with Gasteiger partial charge in [-0.3, -0.25) is 28.0 Å². The average Bonchev–Trinajstić information content (AvgIpc) is 3.53. The molecule has 10 N–H and O–H groups in total. The minimum atomic E-state index is -5.05. The molecule has 2 fully saturated rings. The number of fused-ring (bicyclic) bond motifs is 1. The van der Waals surface area contributed by atoms with E-state index in [-0.39, 0.29) is 23.1 Å². The summed E-state index contributed by atoms with van der Waals surface area (Å²) in [6, 6.07) is 0. The first-order chi connectivity index (χ1) is 18.9. The van der Waals surface area contributed by atoms with Crippen LogP contribution in [0.15, 0.2) is 22.2 Å². The molecule has 21 nitrogen and oxygen atoms in total. The lowest BCUT2D eigenvalue weighted by atomic mass is 10.1. The number of nitrogens with one attached hydrogen (secondary N) is 1. The topological polar surface area (TPSA) is 319 Å². The van der Waals surface area contributed by atoms with Crippen LogP contribution in [0.25, 0.3) is 11.2 Å². The molecule has 40 heavy (non-hydrogen) atoms. The molecule has 218 valence electrons. The second-order valence-electron chi connectivity index (χ2n) is 8.80. The van der Waals surface area contributed by atoms with Gasteiger partial charge in [-0.05, 0) is 0 Å². The predicted octanol–water partition coefficient (Wildman–Crippen LogP) is -4.69. The number of nitrogens with zero attached hydrogens (tertiary/aromatic N) is 6. The zero-order valence-electron chi connectivity index (χ0n) is 20.1. The number of anilines is 2. The lowest BCUT2D eigenvalue weighted by Crippen LogP contribution is -2.37. The molecular formula is C18H24N9O12P. The number of aliphatic hydroxyl groups excluding tert-OH is 4. The summed E-state index contributed by atoms with van der Waals surface area (Å²) in [7, 11) is -5.05. The quantitative estimate of drug-likeness (QED) is 0.114. The number of aromatic nitrogens is 7. The van der Waals surface area contributed by atoms with E-state index >= 15 is 0 Å². The highest BCUT2D eigenvalue weighted by molar-refractivity contribution is 7.47. The number of aliphatic hydroxyl groups is 4. The highest BCUT2D eigenvalue weighted by Crippen LogP contribution is 2.49. The lowest BCUT2D eigenvalue weighted by molar-refractivity contribution is -0.0613. The maximum Gasteiger partial charge on any atom is 0.472 e. The van der Waals surface area contributed by atoms with Gasteiger partial charge in [0, 0.05) is 0 Å². The van der Waals surface area contributed by atoms with Gasteiger partial charge in [-0.1, -0.05) is 0 Å². The summed E-state index contributed by atoms with van der Waals surface area (Å²) in [6.45, 7) is -1.58. The highest BCUT2D eigenvalue weighted by atomic mass is 31.2. The van der Waals surface area contributed by atoms with Crippen molar-refractivity contribution in [1.29, 1.82) is 0 Å². The molecule has 2 aliphatic heterocycles. The Kier molecular flexibility index (Phi) is 7.43. The fourth-order valence-electron chi connectivity index (χ4n) is 4.33. The first-order valence-corrected chi connectivity index (χ1v) is 12.9. The number of rotatable bonds is 8. The van der Waals surface area contributed by atoms with Crippen molar-refractivity contribution in [2.45, 2.75) is 49.1 Å². The number of imidazole rings is 1. The van der Waals surface area contributed by atoms with Crippen LogP contribution in [-0.4, -0.2) is 109 Å². The number of nitrogen functional groups attached to an aromatic ring is 2. The molecule has 0 amide bonds. The van der Waals surface area contributed by atoms with Gasteiger partial charge in [0.25, 0.3) is 5.56 Å². The standard InChI is InChI=1S/C18H24N9O12P/c19-16-22-4-27(18(33)25-16)14-9(30)8(29)6(38-14)2-36-40(34,35)39-11-5(1-28)37-15(10(11)31)26-3-21-7-12(26)23-17(20)24-13(7)32/h3-6,8-11,14-15,28-31H,1-2H2,(H,34,35)(H2,19,25,33)(H3,20,23,24,32)/t5-,6-,8+,9+,10?,11?,14-,15-/m1/s1. The molecule has 2 aliphatic rings. The third kappa shape index (κ3) is 5.10. The Labute approximate surface area is 221 Å². The summed E-state index contributed by atoms with van der Waals surface area (Å²) in [6.07, 6.45) is -10.3. The van der Waals surface area contributed by atoms with Gasteiger partial charge >= 0.3 is 13.5 Å². The van der Waals surface area contributed by atoms with Crippen LogP contribution in [-0.2, 0) is 23.1 Å². The number of ether oxygens (including phenoxy) is 2. The summed E-state index contributed by atoms with van der Waals surface area (Å²) >= 11 is 0. The molecule has 0 bridgehead atoms. The predicted molar refractivity (Wildman–Crippen MR) is 127 cm³/mol. The van der Waals surface area contributed by atoms with Crippen LogP contribution >= 0.6 is 7.82 Å².